The van der Waals surface area contributed by atoms with Gasteiger partial charge in [0.15, 0.2) is 0 Å². The molecule has 0 amide bonds. The van der Waals surface area contributed by atoms with Crippen molar-refractivity contribution in [2.24, 2.45) is 20.5 Å². The minimum absolute atomic E-state index is 0. The van der Waals surface area contributed by atoms with Crippen molar-refractivity contribution in [1.29, 1.82) is 0 Å². The molecular formula is C68H92CrN13O14S2. The molecule has 27 nitrogen and oxygen atoms in total. The summed E-state index contributed by atoms with van der Waals surface area (Å²) < 4.78 is 67.7. The maximum absolute atomic E-state index is 12.5. The summed E-state index contributed by atoms with van der Waals surface area (Å²) >= 11 is 0. The number of azo groups is 2. The second kappa shape index (κ2) is 38.3. The molecule has 0 unspecified atom stereocenters. The molecule has 0 bridgehead atoms. The Labute approximate surface area is 588 Å². The van der Waals surface area contributed by atoms with Crippen molar-refractivity contribution in [3.63, 3.8) is 0 Å². The van der Waals surface area contributed by atoms with Gasteiger partial charge in [-0.1, -0.05) is 139 Å². The molecule has 0 atom stereocenters. The summed E-state index contributed by atoms with van der Waals surface area (Å²) in [5.41, 5.74) is -1.14. The van der Waals surface area contributed by atoms with Gasteiger partial charge >= 0.3 is 21.6 Å². The van der Waals surface area contributed by atoms with Crippen LogP contribution in [0.5, 0.6) is 23.3 Å². The van der Waals surface area contributed by atoms with Gasteiger partial charge in [-0.05, 0) is 139 Å². The monoisotopic (exact) mass is 1430 g/mol. The van der Waals surface area contributed by atoms with Crippen LogP contribution in [0.4, 0.5) is 34.1 Å². The maximum atomic E-state index is 12.5. The van der Waals surface area contributed by atoms with Gasteiger partial charge in [0.25, 0.3) is 11.4 Å². The number of nitrogens with zero attached hydrogens (tertiary/aromatic N) is 10. The van der Waals surface area contributed by atoms with Crippen LogP contribution in [-0.2, 0) is 37.6 Å². The normalized spacial score (nSPS) is 18.0. The molecule has 0 spiro atoms. The molecule has 4 aromatic carbocycles. The van der Waals surface area contributed by atoms with E-state index in [1.54, 1.807) is 0 Å². The quantitative estimate of drug-likeness (QED) is 0.0350. The SMILES string of the molecule is C1CCC(NC2CCCCC2)CC1.C1CCC(NC2CCCCC2)CC1.C1CCC(NC2CCCCC2)CC1.Cc1nn(-c2ccc(S(=O)(=O)[O-])cc2)c([O-])c1N=Nc1cc([N+](=O)[O-])ccc1[O-].Cc1nn(-c2ccc(S(=O)(=O)[O-])cc2)c([O-])c1N=Nc1cc([N+](=O)[O-])ccc1[O-].[Cr+3].[H+].[H+].[H+]. The van der Waals surface area contributed by atoms with Crippen molar-refractivity contribution in [2.45, 2.75) is 253 Å². The summed E-state index contributed by atoms with van der Waals surface area (Å²) in [7, 11) is -9.27. The number of hydrogen-bond acceptors (Lipinski definition) is 23. The molecule has 30 heteroatoms. The number of aromatic nitrogens is 4. The molecule has 3 N–H and O–H groups in total. The molecule has 2 aromatic heterocycles. The Morgan fingerprint density at radius 2 is 0.653 bits per heavy atom. The minimum atomic E-state index is -4.64. The second-order valence-electron chi connectivity index (χ2n) is 25.9. The smallest absolute Gasteiger partial charge is 0.871 e. The fraction of sp³-hybridized carbons (Fsp3) is 0.559. The number of hydrogen-bond donors (Lipinski definition) is 3. The molecule has 6 aliphatic carbocycles. The van der Waals surface area contributed by atoms with Crippen LogP contribution in [0, 0.1) is 34.1 Å². The Balaban J connectivity index is 0.000000278. The third kappa shape index (κ3) is 24.0. The van der Waals surface area contributed by atoms with Crippen molar-refractivity contribution in [2.75, 3.05) is 0 Å². The molecule has 6 fully saturated rings. The van der Waals surface area contributed by atoms with Crippen LogP contribution in [0.15, 0.2) is 115 Å². The Kier molecular flexibility index (Phi) is 30.6. The first kappa shape index (κ1) is 78.1. The van der Waals surface area contributed by atoms with Crippen LogP contribution in [-0.4, -0.2) is 91.6 Å². The van der Waals surface area contributed by atoms with Crippen molar-refractivity contribution in [3.8, 4) is 34.6 Å². The van der Waals surface area contributed by atoms with Crippen LogP contribution in [0.2, 0.25) is 0 Å². The van der Waals surface area contributed by atoms with Crippen LogP contribution in [0.1, 0.15) is 208 Å². The van der Waals surface area contributed by atoms with E-state index in [2.05, 4.69) is 46.6 Å². The Hall–Kier alpha value is -7.27. The van der Waals surface area contributed by atoms with Crippen LogP contribution in [0.3, 0.4) is 0 Å². The van der Waals surface area contributed by atoms with Gasteiger partial charge in [0.2, 0.25) is 0 Å². The molecule has 6 aromatic rings. The van der Waals surface area contributed by atoms with Gasteiger partial charge in [0.05, 0.1) is 53.8 Å². The number of nitro benzene ring substituents is 2. The number of aryl methyl sites for hydroxylation is 2. The number of nitro groups is 2. The van der Waals surface area contributed by atoms with Gasteiger partial charge in [-0.2, -0.15) is 20.4 Å². The number of non-ortho nitro benzene ring substituents is 2. The average molecular weight is 1430 g/mol. The third-order valence-electron chi connectivity index (χ3n) is 18.6. The molecule has 6 aliphatic rings. The first-order chi connectivity index (χ1) is 46.5. The fourth-order valence-corrected chi connectivity index (χ4v) is 14.2. The van der Waals surface area contributed by atoms with Crippen molar-refractivity contribution in [3.05, 3.63) is 117 Å². The number of nitrogens with one attached hydrogen (secondary N) is 3. The van der Waals surface area contributed by atoms with Gasteiger partial charge < -0.3 is 45.5 Å². The topological polar surface area (TPSA) is 414 Å². The Bertz CT molecular complexity index is 3500. The molecular weight excluding hydrogens is 1340 g/mol. The second-order valence-corrected chi connectivity index (χ2v) is 28.7. The average Bonchev–Trinajstić information content (AvgIpc) is 1.68. The third-order valence-corrected chi connectivity index (χ3v) is 20.3. The van der Waals surface area contributed by atoms with Crippen LogP contribution in [0.25, 0.3) is 11.4 Å². The van der Waals surface area contributed by atoms with Gasteiger partial charge in [0, 0.05) is 72.3 Å². The van der Waals surface area contributed by atoms with Crippen LogP contribution < -0.4 is 36.4 Å². The predicted molar refractivity (Wildman–Crippen MR) is 359 cm³/mol. The summed E-state index contributed by atoms with van der Waals surface area (Å²) in [6.45, 7) is 2.91. The fourth-order valence-electron chi connectivity index (χ4n) is 13.3. The van der Waals surface area contributed by atoms with Gasteiger partial charge in [-0.3, -0.25) is 20.2 Å². The summed E-state index contributed by atoms with van der Waals surface area (Å²) in [4.78, 5) is 19.3. The molecule has 0 aliphatic heterocycles. The van der Waals surface area contributed by atoms with Crippen molar-refractivity contribution >= 4 is 54.4 Å². The zero-order valence-corrected chi connectivity index (χ0v) is 58.6. The summed E-state index contributed by atoms with van der Waals surface area (Å²) in [6.07, 6.45) is 43.7. The van der Waals surface area contributed by atoms with Crippen molar-refractivity contribution in [1.82, 2.24) is 35.5 Å². The van der Waals surface area contributed by atoms with Gasteiger partial charge in [-0.15, -0.1) is 10.2 Å². The Morgan fingerprint density at radius 1 is 0.408 bits per heavy atom. The van der Waals surface area contributed by atoms with E-state index in [0.717, 1.165) is 106 Å². The van der Waals surface area contributed by atoms with E-state index in [-0.39, 0.29) is 78.5 Å². The number of benzene rings is 4. The Morgan fingerprint density at radius 3 is 0.878 bits per heavy atom. The minimum Gasteiger partial charge on any atom is -0.871 e. The molecule has 6 saturated carbocycles. The van der Waals surface area contributed by atoms with E-state index in [1.165, 1.54) is 231 Å². The zero-order valence-electron chi connectivity index (χ0n) is 58.7. The number of rotatable bonds is 16. The molecule has 0 saturated heterocycles. The van der Waals surface area contributed by atoms with E-state index in [0.29, 0.717) is 0 Å². The van der Waals surface area contributed by atoms with Crippen LogP contribution >= 0.6 is 0 Å². The van der Waals surface area contributed by atoms with E-state index in [4.69, 9.17) is 0 Å². The predicted octanol–water partition coefficient (Wildman–Crippen LogP) is 13.2. The van der Waals surface area contributed by atoms with Crippen molar-refractivity contribution < 1.29 is 77.9 Å². The van der Waals surface area contributed by atoms with E-state index < -0.39 is 63.1 Å². The van der Waals surface area contributed by atoms with E-state index in [1.807, 2.05) is 0 Å². The van der Waals surface area contributed by atoms with E-state index >= 15 is 0 Å². The standard InChI is InChI=1S/2C16H13N5O7S.3C12H23N.Cr/c2*1-9-15(18-17-13-8-11(21(24)25)4-7-14(13)22)16(23)20(19-9)10-2-5-12(6-3-10)29(26,27)28;3*1-3-7-11(8-4-1)13-12-9-5-2-6-10-12;/h2*2-8,22-23H,1H3,(H,26,27,28);3*11-13H,1-10H2;/q;;;;;+3/p-3. The molecule has 98 heavy (non-hydrogen) atoms. The molecule has 2 heterocycles. The maximum Gasteiger partial charge on any atom is 3.00 e. The summed E-state index contributed by atoms with van der Waals surface area (Å²) in [5, 5.41) is 104. The molecule has 12 rings (SSSR count). The van der Waals surface area contributed by atoms with Gasteiger partial charge in [0.1, 0.15) is 31.6 Å². The molecule has 531 valence electrons. The summed E-state index contributed by atoms with van der Waals surface area (Å²) in [6, 6.07) is 20.1. The molecule has 1 radical (unpaired) electrons. The van der Waals surface area contributed by atoms with E-state index in [9.17, 15) is 66.6 Å². The first-order valence-electron chi connectivity index (χ1n) is 34.2. The largest absolute Gasteiger partial charge is 3.00 e. The van der Waals surface area contributed by atoms with Gasteiger partial charge in [-0.25, -0.2) is 26.2 Å². The first-order valence-corrected chi connectivity index (χ1v) is 37.0. The zero-order chi connectivity index (χ0) is 69.5. The summed E-state index contributed by atoms with van der Waals surface area (Å²) in [5.74, 6) is -2.68.